The summed E-state index contributed by atoms with van der Waals surface area (Å²) in [6, 6.07) is 2.49. The third kappa shape index (κ3) is 4.02. The number of benzene rings is 1. The highest BCUT2D eigenvalue weighted by atomic mass is 19.1. The summed E-state index contributed by atoms with van der Waals surface area (Å²) in [6.07, 6.45) is 0. The number of amides is 3. The Balaban J connectivity index is 2.74. The molecule has 0 heterocycles. The van der Waals surface area contributed by atoms with Crippen LogP contribution in [-0.4, -0.2) is 18.5 Å². The van der Waals surface area contributed by atoms with Crippen LogP contribution in [0.5, 0.6) is 5.75 Å². The third-order valence-electron chi connectivity index (χ3n) is 2.09. The van der Waals surface area contributed by atoms with Crippen LogP contribution in [0.1, 0.15) is 18.5 Å². The van der Waals surface area contributed by atoms with Gasteiger partial charge in [-0.2, -0.15) is 0 Å². The van der Waals surface area contributed by atoms with E-state index < -0.39 is 24.4 Å². The van der Waals surface area contributed by atoms with Crippen molar-refractivity contribution < 1.29 is 18.7 Å². The van der Waals surface area contributed by atoms with Gasteiger partial charge in [-0.3, -0.25) is 10.1 Å². The average Bonchev–Trinajstić information content (AvgIpc) is 2.25. The van der Waals surface area contributed by atoms with Crippen molar-refractivity contribution in [3.05, 3.63) is 29.6 Å². The summed E-state index contributed by atoms with van der Waals surface area (Å²) in [5.74, 6) is -1.07. The zero-order chi connectivity index (χ0) is 13.7. The standard InChI is InChI=1S/C11H14FN3O3/c1-6(13)8-3-2-7(12)4-9(8)18-5-10(16)15-11(14)17/h2-4,6H,5,13H2,1H3,(H3,14,15,16,17)/t6-/m1/s1. The van der Waals surface area contributed by atoms with Gasteiger partial charge in [-0.25, -0.2) is 9.18 Å². The minimum Gasteiger partial charge on any atom is -0.483 e. The van der Waals surface area contributed by atoms with E-state index in [1.54, 1.807) is 6.92 Å². The average molecular weight is 255 g/mol. The molecule has 0 radical (unpaired) electrons. The molecule has 0 bridgehead atoms. The quantitative estimate of drug-likeness (QED) is 0.724. The van der Waals surface area contributed by atoms with Crippen LogP contribution in [0, 0.1) is 5.82 Å². The van der Waals surface area contributed by atoms with E-state index in [4.69, 9.17) is 16.2 Å². The van der Waals surface area contributed by atoms with Crippen molar-refractivity contribution in [3.8, 4) is 5.75 Å². The predicted molar refractivity (Wildman–Crippen MR) is 62.2 cm³/mol. The van der Waals surface area contributed by atoms with Gasteiger partial charge in [-0.1, -0.05) is 6.07 Å². The van der Waals surface area contributed by atoms with E-state index in [1.807, 2.05) is 5.32 Å². The van der Waals surface area contributed by atoms with Gasteiger partial charge in [0.25, 0.3) is 5.91 Å². The van der Waals surface area contributed by atoms with Crippen molar-refractivity contribution in [1.82, 2.24) is 5.32 Å². The maximum atomic E-state index is 13.0. The number of ether oxygens (including phenoxy) is 1. The van der Waals surface area contributed by atoms with E-state index in [0.717, 1.165) is 6.07 Å². The smallest absolute Gasteiger partial charge is 0.318 e. The summed E-state index contributed by atoms with van der Waals surface area (Å²) < 4.78 is 18.2. The SMILES string of the molecule is C[C@@H](N)c1ccc(F)cc1OCC(=O)NC(N)=O. The number of rotatable bonds is 4. The largest absolute Gasteiger partial charge is 0.483 e. The number of nitrogens with one attached hydrogen (secondary N) is 1. The van der Waals surface area contributed by atoms with Crippen LogP contribution < -0.4 is 21.5 Å². The number of primary amides is 1. The van der Waals surface area contributed by atoms with Crippen LogP contribution in [0.2, 0.25) is 0 Å². The van der Waals surface area contributed by atoms with Crippen LogP contribution in [0.4, 0.5) is 9.18 Å². The zero-order valence-corrected chi connectivity index (χ0v) is 9.77. The molecule has 18 heavy (non-hydrogen) atoms. The lowest BCUT2D eigenvalue weighted by Gasteiger charge is -2.13. The van der Waals surface area contributed by atoms with Crippen LogP contribution in [-0.2, 0) is 4.79 Å². The van der Waals surface area contributed by atoms with Crippen molar-refractivity contribution in [2.24, 2.45) is 11.5 Å². The highest BCUT2D eigenvalue weighted by Crippen LogP contribution is 2.24. The Kier molecular flexibility index (Phi) is 4.61. The summed E-state index contributed by atoms with van der Waals surface area (Å²) in [5, 5.41) is 1.83. The van der Waals surface area contributed by atoms with Crippen LogP contribution >= 0.6 is 0 Å². The summed E-state index contributed by atoms with van der Waals surface area (Å²) in [7, 11) is 0. The minimum absolute atomic E-state index is 0.157. The van der Waals surface area contributed by atoms with Crippen molar-refractivity contribution in [1.29, 1.82) is 0 Å². The molecule has 1 atom stereocenters. The van der Waals surface area contributed by atoms with Crippen molar-refractivity contribution >= 4 is 11.9 Å². The van der Waals surface area contributed by atoms with Crippen molar-refractivity contribution in [2.45, 2.75) is 13.0 Å². The topological polar surface area (TPSA) is 107 Å². The molecule has 0 aliphatic carbocycles. The number of hydrogen-bond donors (Lipinski definition) is 3. The molecule has 0 unspecified atom stereocenters. The Morgan fingerprint density at radius 2 is 2.17 bits per heavy atom. The number of urea groups is 1. The molecule has 0 aliphatic rings. The minimum atomic E-state index is -0.977. The highest BCUT2D eigenvalue weighted by Gasteiger charge is 2.11. The lowest BCUT2D eigenvalue weighted by molar-refractivity contribution is -0.121. The molecule has 0 saturated heterocycles. The second-order valence-electron chi connectivity index (χ2n) is 3.67. The Labute approximate surface area is 103 Å². The van der Waals surface area contributed by atoms with Crippen LogP contribution in [0.15, 0.2) is 18.2 Å². The molecular formula is C11H14FN3O3. The van der Waals surface area contributed by atoms with E-state index in [-0.39, 0.29) is 11.8 Å². The van der Waals surface area contributed by atoms with Gasteiger partial charge >= 0.3 is 6.03 Å². The molecule has 7 heteroatoms. The number of nitrogens with two attached hydrogens (primary N) is 2. The third-order valence-corrected chi connectivity index (χ3v) is 2.09. The summed E-state index contributed by atoms with van der Waals surface area (Å²) >= 11 is 0. The Bertz CT molecular complexity index is 463. The van der Waals surface area contributed by atoms with Crippen LogP contribution in [0.3, 0.4) is 0 Å². The fourth-order valence-electron chi connectivity index (χ4n) is 1.33. The van der Waals surface area contributed by atoms with Crippen molar-refractivity contribution in [3.63, 3.8) is 0 Å². The molecule has 3 amide bonds. The molecule has 6 nitrogen and oxygen atoms in total. The predicted octanol–water partition coefficient (Wildman–Crippen LogP) is 0.419. The number of imide groups is 1. The lowest BCUT2D eigenvalue weighted by atomic mass is 10.1. The van der Waals surface area contributed by atoms with Gasteiger partial charge < -0.3 is 16.2 Å². The molecule has 1 rings (SSSR count). The molecule has 1 aromatic rings. The summed E-state index contributed by atoms with van der Waals surface area (Å²) in [6.45, 7) is 1.25. The Morgan fingerprint density at radius 3 is 2.72 bits per heavy atom. The number of carbonyl (C=O) groups excluding carboxylic acids is 2. The molecule has 0 aliphatic heterocycles. The molecule has 0 aromatic heterocycles. The first kappa shape index (κ1) is 13.9. The zero-order valence-electron chi connectivity index (χ0n) is 9.77. The number of hydrogen-bond acceptors (Lipinski definition) is 4. The molecule has 0 spiro atoms. The highest BCUT2D eigenvalue weighted by molar-refractivity contribution is 5.94. The summed E-state index contributed by atoms with van der Waals surface area (Å²) in [5.41, 5.74) is 11.0. The first-order chi connectivity index (χ1) is 8.40. The second kappa shape index (κ2) is 5.97. The second-order valence-corrected chi connectivity index (χ2v) is 3.67. The first-order valence-corrected chi connectivity index (χ1v) is 5.17. The Morgan fingerprint density at radius 1 is 1.50 bits per heavy atom. The molecule has 98 valence electrons. The summed E-state index contributed by atoms with van der Waals surface area (Å²) in [4.78, 5) is 21.5. The molecule has 1 aromatic carbocycles. The van der Waals surface area contributed by atoms with E-state index in [9.17, 15) is 14.0 Å². The normalized spacial score (nSPS) is 11.7. The van der Waals surface area contributed by atoms with Gasteiger partial charge in [0.15, 0.2) is 6.61 Å². The molecule has 0 fully saturated rings. The molecule has 0 saturated carbocycles. The number of halogens is 1. The fourth-order valence-corrected chi connectivity index (χ4v) is 1.33. The van der Waals surface area contributed by atoms with E-state index in [0.29, 0.717) is 5.56 Å². The maximum absolute atomic E-state index is 13.0. The first-order valence-electron chi connectivity index (χ1n) is 5.17. The van der Waals surface area contributed by atoms with Gasteiger partial charge in [0.1, 0.15) is 11.6 Å². The van der Waals surface area contributed by atoms with Gasteiger partial charge in [0.2, 0.25) is 0 Å². The fraction of sp³-hybridized carbons (Fsp3) is 0.273. The van der Waals surface area contributed by atoms with E-state index in [1.165, 1.54) is 12.1 Å². The monoisotopic (exact) mass is 255 g/mol. The van der Waals surface area contributed by atoms with Gasteiger partial charge in [0.05, 0.1) is 0 Å². The lowest BCUT2D eigenvalue weighted by Crippen LogP contribution is -2.38. The van der Waals surface area contributed by atoms with E-state index in [2.05, 4.69) is 0 Å². The van der Waals surface area contributed by atoms with Gasteiger partial charge in [-0.15, -0.1) is 0 Å². The van der Waals surface area contributed by atoms with Crippen LogP contribution in [0.25, 0.3) is 0 Å². The molecule has 5 N–H and O–H groups in total. The van der Waals surface area contributed by atoms with Crippen molar-refractivity contribution in [2.75, 3.05) is 6.61 Å². The van der Waals surface area contributed by atoms with Gasteiger partial charge in [0, 0.05) is 17.7 Å². The maximum Gasteiger partial charge on any atom is 0.318 e. The van der Waals surface area contributed by atoms with Gasteiger partial charge in [-0.05, 0) is 13.0 Å². The Hall–Kier alpha value is -2.15. The molecular weight excluding hydrogens is 241 g/mol. The number of carbonyl (C=O) groups is 2. The van der Waals surface area contributed by atoms with E-state index >= 15 is 0 Å².